The fraction of sp³-hybridized carbons (Fsp3) is 0.737. The molecule has 152 valence electrons. The zero-order valence-electron chi connectivity index (χ0n) is 16.5. The van der Waals surface area contributed by atoms with Gasteiger partial charge in [0.1, 0.15) is 12.4 Å². The monoisotopic (exact) mass is 380 g/mol. The van der Waals surface area contributed by atoms with Crippen LogP contribution in [0.5, 0.6) is 0 Å². The van der Waals surface area contributed by atoms with Crippen LogP contribution in [-0.2, 0) is 16.1 Å². The average molecular weight is 380 g/mol. The predicted molar refractivity (Wildman–Crippen MR) is 106 cm³/mol. The third kappa shape index (κ3) is 5.45. The standard InChI is InChI=1S/C19H32N4O4/c1-3-5-12-22(15(24)13-27-14-9-7-6-8-10-14)16-17(20)23(11-4-2)19(26)21-18(16)25/h14H,3-13,20H2,1-2H3,(H,21,25,26). The molecular weight excluding hydrogens is 348 g/mol. The van der Waals surface area contributed by atoms with Crippen molar-refractivity contribution in [2.45, 2.75) is 77.9 Å². The number of hydrogen-bond acceptors (Lipinski definition) is 5. The first kappa shape index (κ1) is 21.2. The number of aromatic amines is 1. The molecule has 0 unspecified atom stereocenters. The van der Waals surface area contributed by atoms with Crippen molar-refractivity contribution in [3.63, 3.8) is 0 Å². The summed E-state index contributed by atoms with van der Waals surface area (Å²) >= 11 is 0. The molecule has 0 aliphatic heterocycles. The highest BCUT2D eigenvalue weighted by molar-refractivity contribution is 5.96. The van der Waals surface area contributed by atoms with E-state index >= 15 is 0 Å². The quantitative estimate of drug-likeness (QED) is 0.681. The lowest BCUT2D eigenvalue weighted by Gasteiger charge is -2.26. The van der Waals surface area contributed by atoms with Crippen LogP contribution < -0.4 is 21.9 Å². The van der Waals surface area contributed by atoms with Gasteiger partial charge in [-0.25, -0.2) is 4.79 Å². The van der Waals surface area contributed by atoms with E-state index in [1.54, 1.807) is 0 Å². The molecule has 3 N–H and O–H groups in total. The van der Waals surface area contributed by atoms with Gasteiger partial charge in [-0.1, -0.05) is 39.5 Å². The lowest BCUT2D eigenvalue weighted by molar-refractivity contribution is -0.125. The maximum absolute atomic E-state index is 12.9. The third-order valence-electron chi connectivity index (χ3n) is 4.96. The first-order valence-electron chi connectivity index (χ1n) is 10.0. The summed E-state index contributed by atoms with van der Waals surface area (Å²) in [7, 11) is 0. The van der Waals surface area contributed by atoms with Gasteiger partial charge in [0.25, 0.3) is 11.5 Å². The average Bonchev–Trinajstić information content (AvgIpc) is 2.66. The molecule has 0 spiro atoms. The molecule has 0 bridgehead atoms. The first-order valence-corrected chi connectivity index (χ1v) is 10.0. The van der Waals surface area contributed by atoms with E-state index in [9.17, 15) is 14.4 Å². The number of aromatic nitrogens is 2. The number of carbonyl (C=O) groups excluding carboxylic acids is 1. The molecule has 0 aromatic carbocycles. The van der Waals surface area contributed by atoms with Crippen LogP contribution in [-0.4, -0.2) is 34.7 Å². The molecule has 1 aliphatic rings. The van der Waals surface area contributed by atoms with E-state index in [2.05, 4.69) is 4.98 Å². The Morgan fingerprint density at radius 1 is 1.22 bits per heavy atom. The summed E-state index contributed by atoms with van der Waals surface area (Å²) in [6.07, 6.45) is 7.74. The van der Waals surface area contributed by atoms with Gasteiger partial charge in [-0.15, -0.1) is 0 Å². The van der Waals surface area contributed by atoms with Gasteiger partial charge in [0.15, 0.2) is 5.69 Å². The molecule has 1 aliphatic carbocycles. The van der Waals surface area contributed by atoms with Gasteiger partial charge >= 0.3 is 5.69 Å². The molecule has 0 atom stereocenters. The molecular formula is C19H32N4O4. The molecule has 1 aromatic heterocycles. The minimum absolute atomic E-state index is 0.0349. The Morgan fingerprint density at radius 2 is 1.93 bits per heavy atom. The smallest absolute Gasteiger partial charge is 0.330 e. The number of unbranched alkanes of at least 4 members (excludes halogenated alkanes) is 1. The number of nitrogens with two attached hydrogens (primary N) is 1. The molecule has 1 fully saturated rings. The van der Waals surface area contributed by atoms with Gasteiger partial charge in [-0.3, -0.25) is 19.1 Å². The maximum atomic E-state index is 12.9. The van der Waals surface area contributed by atoms with Crippen LogP contribution in [0.15, 0.2) is 9.59 Å². The number of nitrogens with zero attached hydrogens (tertiary/aromatic N) is 2. The van der Waals surface area contributed by atoms with E-state index in [0.717, 1.165) is 38.5 Å². The van der Waals surface area contributed by atoms with Crippen LogP contribution >= 0.6 is 0 Å². The predicted octanol–water partition coefficient (Wildman–Crippen LogP) is 2.01. The molecule has 1 amide bonds. The second kappa shape index (κ2) is 10.3. The second-order valence-corrected chi connectivity index (χ2v) is 7.11. The number of rotatable bonds is 9. The minimum atomic E-state index is -0.632. The van der Waals surface area contributed by atoms with E-state index < -0.39 is 11.2 Å². The van der Waals surface area contributed by atoms with Crippen molar-refractivity contribution >= 4 is 17.4 Å². The Bertz CT molecular complexity index is 734. The Hall–Kier alpha value is -2.09. The van der Waals surface area contributed by atoms with Crippen LogP contribution in [0.2, 0.25) is 0 Å². The first-order chi connectivity index (χ1) is 13.0. The number of H-pyrrole nitrogens is 1. The van der Waals surface area contributed by atoms with E-state index in [1.165, 1.54) is 15.9 Å². The van der Waals surface area contributed by atoms with Gasteiger partial charge in [0, 0.05) is 13.1 Å². The number of nitrogen functional groups attached to an aromatic ring is 1. The molecule has 1 saturated carbocycles. The topological polar surface area (TPSA) is 110 Å². The fourth-order valence-corrected chi connectivity index (χ4v) is 3.46. The Morgan fingerprint density at radius 3 is 2.56 bits per heavy atom. The Kier molecular flexibility index (Phi) is 8.09. The molecule has 1 heterocycles. The SMILES string of the molecule is CCCCN(C(=O)COC1CCCCC1)c1c(N)n(CCC)c(=O)[nH]c1=O. The van der Waals surface area contributed by atoms with Gasteiger partial charge in [-0.05, 0) is 25.7 Å². The number of hydrogen-bond donors (Lipinski definition) is 2. The van der Waals surface area contributed by atoms with Crippen molar-refractivity contribution in [1.29, 1.82) is 0 Å². The van der Waals surface area contributed by atoms with Crippen molar-refractivity contribution in [3.8, 4) is 0 Å². The van der Waals surface area contributed by atoms with Gasteiger partial charge in [0.2, 0.25) is 0 Å². The molecule has 8 nitrogen and oxygen atoms in total. The van der Waals surface area contributed by atoms with Crippen molar-refractivity contribution in [3.05, 3.63) is 20.8 Å². The third-order valence-corrected chi connectivity index (χ3v) is 4.96. The molecule has 0 radical (unpaired) electrons. The fourth-order valence-electron chi connectivity index (χ4n) is 3.46. The van der Waals surface area contributed by atoms with Crippen LogP contribution in [0.25, 0.3) is 0 Å². The Balaban J connectivity index is 2.26. The summed E-state index contributed by atoms with van der Waals surface area (Å²) in [6, 6.07) is 0. The summed E-state index contributed by atoms with van der Waals surface area (Å²) in [5.41, 5.74) is 4.99. The zero-order valence-corrected chi connectivity index (χ0v) is 16.5. The number of ether oxygens (including phenoxy) is 1. The molecule has 8 heteroatoms. The van der Waals surface area contributed by atoms with Crippen LogP contribution in [0.4, 0.5) is 11.5 Å². The van der Waals surface area contributed by atoms with Crippen molar-refractivity contribution < 1.29 is 9.53 Å². The van der Waals surface area contributed by atoms with Crippen molar-refractivity contribution in [2.24, 2.45) is 0 Å². The number of anilines is 2. The maximum Gasteiger partial charge on any atom is 0.330 e. The molecule has 1 aromatic rings. The highest BCUT2D eigenvalue weighted by atomic mass is 16.5. The van der Waals surface area contributed by atoms with Crippen LogP contribution in [0, 0.1) is 0 Å². The lowest BCUT2D eigenvalue weighted by atomic mass is 9.98. The zero-order chi connectivity index (χ0) is 19.8. The van der Waals surface area contributed by atoms with E-state index in [1.807, 2.05) is 13.8 Å². The normalized spacial score (nSPS) is 15.0. The summed E-state index contributed by atoms with van der Waals surface area (Å²) in [5.74, 6) is -0.263. The van der Waals surface area contributed by atoms with Crippen molar-refractivity contribution in [2.75, 3.05) is 23.8 Å². The van der Waals surface area contributed by atoms with Gasteiger partial charge in [-0.2, -0.15) is 0 Å². The Labute approximate surface area is 159 Å². The number of amides is 1. The number of nitrogens with one attached hydrogen (secondary N) is 1. The van der Waals surface area contributed by atoms with Crippen LogP contribution in [0.3, 0.4) is 0 Å². The minimum Gasteiger partial charge on any atom is -0.383 e. The second-order valence-electron chi connectivity index (χ2n) is 7.11. The molecule has 0 saturated heterocycles. The van der Waals surface area contributed by atoms with Crippen LogP contribution in [0.1, 0.15) is 65.2 Å². The summed E-state index contributed by atoms with van der Waals surface area (Å²) in [5, 5.41) is 0. The van der Waals surface area contributed by atoms with Gasteiger partial charge < -0.3 is 15.4 Å². The van der Waals surface area contributed by atoms with E-state index in [0.29, 0.717) is 19.5 Å². The summed E-state index contributed by atoms with van der Waals surface area (Å²) in [6.45, 7) is 4.57. The van der Waals surface area contributed by atoms with E-state index in [4.69, 9.17) is 10.5 Å². The number of carbonyl (C=O) groups is 1. The molecule has 2 rings (SSSR count). The highest BCUT2D eigenvalue weighted by Gasteiger charge is 2.25. The summed E-state index contributed by atoms with van der Waals surface area (Å²) < 4.78 is 7.11. The summed E-state index contributed by atoms with van der Waals surface area (Å²) in [4.78, 5) is 41.0. The largest absolute Gasteiger partial charge is 0.383 e. The van der Waals surface area contributed by atoms with Gasteiger partial charge in [0.05, 0.1) is 6.10 Å². The van der Waals surface area contributed by atoms with E-state index in [-0.39, 0.29) is 30.1 Å². The molecule has 27 heavy (non-hydrogen) atoms. The van der Waals surface area contributed by atoms with Crippen molar-refractivity contribution in [1.82, 2.24) is 9.55 Å². The highest BCUT2D eigenvalue weighted by Crippen LogP contribution is 2.22. The lowest BCUT2D eigenvalue weighted by Crippen LogP contribution is -2.43.